The molecular weight excluding hydrogens is 386 g/mol. The SMILES string of the molecule is O=C(COC(=O)c1ccc(S(=O)(=O)NC2CC2)o1)Nc1ccc(F)cc1F. The molecule has 144 valence electrons. The number of benzene rings is 1. The zero-order valence-electron chi connectivity index (χ0n) is 13.7. The lowest BCUT2D eigenvalue weighted by Crippen LogP contribution is -2.25. The molecule has 0 atom stereocenters. The lowest BCUT2D eigenvalue weighted by molar-refractivity contribution is -0.119. The Morgan fingerprint density at radius 1 is 1.19 bits per heavy atom. The number of rotatable bonds is 7. The minimum atomic E-state index is -3.87. The summed E-state index contributed by atoms with van der Waals surface area (Å²) in [7, 11) is -3.87. The maximum Gasteiger partial charge on any atom is 0.374 e. The molecule has 0 aliphatic heterocycles. The van der Waals surface area contributed by atoms with Crippen LogP contribution >= 0.6 is 0 Å². The molecule has 1 aromatic heterocycles. The van der Waals surface area contributed by atoms with E-state index in [1.165, 1.54) is 0 Å². The second kappa shape index (κ2) is 7.45. The van der Waals surface area contributed by atoms with Crippen LogP contribution in [-0.4, -0.2) is 32.9 Å². The molecule has 2 aromatic rings. The molecule has 27 heavy (non-hydrogen) atoms. The third-order valence-electron chi connectivity index (χ3n) is 3.49. The van der Waals surface area contributed by atoms with Gasteiger partial charge in [0, 0.05) is 12.1 Å². The predicted octanol–water partition coefficient (Wildman–Crippen LogP) is 1.79. The zero-order valence-corrected chi connectivity index (χ0v) is 14.5. The highest BCUT2D eigenvalue weighted by Crippen LogP contribution is 2.23. The van der Waals surface area contributed by atoms with E-state index >= 15 is 0 Å². The van der Waals surface area contributed by atoms with Crippen molar-refractivity contribution in [2.75, 3.05) is 11.9 Å². The second-order valence-electron chi connectivity index (χ2n) is 5.76. The van der Waals surface area contributed by atoms with E-state index in [-0.39, 0.29) is 11.7 Å². The van der Waals surface area contributed by atoms with Crippen LogP contribution in [0.3, 0.4) is 0 Å². The van der Waals surface area contributed by atoms with Gasteiger partial charge >= 0.3 is 5.97 Å². The van der Waals surface area contributed by atoms with Crippen molar-refractivity contribution < 1.29 is 35.9 Å². The van der Waals surface area contributed by atoms with Gasteiger partial charge in [-0.05, 0) is 37.1 Å². The third-order valence-corrected chi connectivity index (χ3v) is 4.88. The Bertz CT molecular complexity index is 985. The molecule has 1 heterocycles. The Kier molecular flexibility index (Phi) is 5.24. The topological polar surface area (TPSA) is 115 Å². The van der Waals surface area contributed by atoms with Gasteiger partial charge in [-0.1, -0.05) is 0 Å². The van der Waals surface area contributed by atoms with Gasteiger partial charge in [-0.2, -0.15) is 0 Å². The van der Waals surface area contributed by atoms with Gasteiger partial charge in [0.1, 0.15) is 11.6 Å². The predicted molar refractivity (Wildman–Crippen MR) is 87.3 cm³/mol. The Labute approximate surface area is 152 Å². The van der Waals surface area contributed by atoms with Crippen LogP contribution < -0.4 is 10.0 Å². The van der Waals surface area contributed by atoms with Crippen molar-refractivity contribution >= 4 is 27.6 Å². The largest absolute Gasteiger partial charge is 0.450 e. The average molecular weight is 400 g/mol. The van der Waals surface area contributed by atoms with Crippen LogP contribution in [-0.2, 0) is 19.6 Å². The van der Waals surface area contributed by atoms with Crippen molar-refractivity contribution in [2.24, 2.45) is 0 Å². The smallest absolute Gasteiger partial charge is 0.374 e. The highest BCUT2D eigenvalue weighted by atomic mass is 32.2. The van der Waals surface area contributed by atoms with Crippen molar-refractivity contribution in [1.82, 2.24) is 4.72 Å². The average Bonchev–Trinajstić information content (AvgIpc) is 3.24. The molecule has 2 N–H and O–H groups in total. The number of ether oxygens (including phenoxy) is 1. The zero-order chi connectivity index (χ0) is 19.6. The van der Waals surface area contributed by atoms with E-state index in [9.17, 15) is 26.8 Å². The Balaban J connectivity index is 1.55. The molecule has 1 saturated carbocycles. The van der Waals surface area contributed by atoms with Gasteiger partial charge in [0.15, 0.2) is 6.61 Å². The van der Waals surface area contributed by atoms with Crippen LogP contribution in [0.2, 0.25) is 0 Å². The van der Waals surface area contributed by atoms with Crippen LogP contribution in [0.4, 0.5) is 14.5 Å². The fraction of sp³-hybridized carbons (Fsp3) is 0.250. The van der Waals surface area contributed by atoms with Crippen LogP contribution in [0.5, 0.6) is 0 Å². The first-order valence-corrected chi connectivity index (χ1v) is 9.27. The summed E-state index contributed by atoms with van der Waals surface area (Å²) in [4.78, 5) is 23.5. The molecule has 0 unspecified atom stereocenters. The summed E-state index contributed by atoms with van der Waals surface area (Å²) in [6, 6.07) is 4.61. The first-order chi connectivity index (χ1) is 12.7. The molecule has 0 bridgehead atoms. The van der Waals surface area contributed by atoms with Gasteiger partial charge < -0.3 is 14.5 Å². The quantitative estimate of drug-likeness (QED) is 0.685. The number of anilines is 1. The molecule has 11 heteroatoms. The minimum absolute atomic E-state index is 0.133. The minimum Gasteiger partial charge on any atom is -0.450 e. The number of sulfonamides is 1. The summed E-state index contributed by atoms with van der Waals surface area (Å²) >= 11 is 0. The van der Waals surface area contributed by atoms with Crippen LogP contribution in [0.1, 0.15) is 23.4 Å². The summed E-state index contributed by atoms with van der Waals surface area (Å²) in [6.07, 6.45) is 1.47. The number of halogens is 2. The van der Waals surface area contributed by atoms with E-state index in [2.05, 4.69) is 14.8 Å². The summed E-state index contributed by atoms with van der Waals surface area (Å²) < 4.78 is 62.2. The van der Waals surface area contributed by atoms with Gasteiger partial charge in [0.2, 0.25) is 10.9 Å². The number of nitrogens with one attached hydrogen (secondary N) is 2. The van der Waals surface area contributed by atoms with E-state index in [0.29, 0.717) is 6.07 Å². The highest BCUT2D eigenvalue weighted by molar-refractivity contribution is 7.89. The molecule has 1 aliphatic rings. The fourth-order valence-corrected chi connectivity index (χ4v) is 3.27. The second-order valence-corrected chi connectivity index (χ2v) is 7.41. The van der Waals surface area contributed by atoms with Crippen molar-refractivity contribution in [3.63, 3.8) is 0 Å². The van der Waals surface area contributed by atoms with Gasteiger partial charge in [0.25, 0.3) is 15.9 Å². The number of esters is 1. The van der Waals surface area contributed by atoms with Crippen LogP contribution in [0.15, 0.2) is 39.8 Å². The number of carbonyl (C=O) groups is 2. The van der Waals surface area contributed by atoms with Crippen molar-refractivity contribution in [3.05, 3.63) is 47.7 Å². The summed E-state index contributed by atoms with van der Waals surface area (Å²) in [5.41, 5.74) is -0.282. The number of furan rings is 1. The highest BCUT2D eigenvalue weighted by Gasteiger charge is 2.30. The summed E-state index contributed by atoms with van der Waals surface area (Å²) in [5, 5.41) is 1.66. The van der Waals surface area contributed by atoms with Crippen LogP contribution in [0, 0.1) is 11.6 Å². The fourth-order valence-electron chi connectivity index (χ4n) is 2.03. The summed E-state index contributed by atoms with van der Waals surface area (Å²) in [5.74, 6) is -4.15. The van der Waals surface area contributed by atoms with E-state index in [0.717, 1.165) is 37.1 Å². The number of amides is 1. The van der Waals surface area contributed by atoms with Crippen molar-refractivity contribution in [2.45, 2.75) is 24.0 Å². The lowest BCUT2D eigenvalue weighted by Gasteiger charge is -2.06. The van der Waals surface area contributed by atoms with Crippen molar-refractivity contribution in [1.29, 1.82) is 0 Å². The number of carbonyl (C=O) groups excluding carboxylic acids is 2. The Morgan fingerprint density at radius 3 is 2.59 bits per heavy atom. The molecule has 0 saturated heterocycles. The number of hydrogen-bond donors (Lipinski definition) is 2. The maximum absolute atomic E-state index is 13.4. The Morgan fingerprint density at radius 2 is 1.93 bits per heavy atom. The van der Waals surface area contributed by atoms with E-state index in [1.807, 2.05) is 0 Å². The maximum atomic E-state index is 13.4. The van der Waals surface area contributed by atoms with E-state index < -0.39 is 51.0 Å². The van der Waals surface area contributed by atoms with Gasteiger partial charge in [-0.25, -0.2) is 26.7 Å². The van der Waals surface area contributed by atoms with Gasteiger partial charge in [0.05, 0.1) is 5.69 Å². The number of hydrogen-bond acceptors (Lipinski definition) is 6. The molecule has 0 radical (unpaired) electrons. The molecule has 1 amide bonds. The van der Waals surface area contributed by atoms with E-state index in [1.54, 1.807) is 0 Å². The first kappa shape index (κ1) is 19.0. The molecule has 1 fully saturated rings. The lowest BCUT2D eigenvalue weighted by atomic mass is 10.3. The normalized spacial score (nSPS) is 14.0. The molecule has 1 aromatic carbocycles. The first-order valence-electron chi connectivity index (χ1n) is 7.79. The molecule has 0 spiro atoms. The molecular formula is C16H14F2N2O6S. The Hall–Kier alpha value is -2.79. The monoisotopic (exact) mass is 400 g/mol. The van der Waals surface area contributed by atoms with Gasteiger partial charge in [-0.15, -0.1) is 0 Å². The van der Waals surface area contributed by atoms with Gasteiger partial charge in [-0.3, -0.25) is 4.79 Å². The molecule has 1 aliphatic carbocycles. The molecule has 3 rings (SSSR count). The van der Waals surface area contributed by atoms with E-state index in [4.69, 9.17) is 4.42 Å². The third kappa shape index (κ3) is 4.89. The molecule has 8 nitrogen and oxygen atoms in total. The van der Waals surface area contributed by atoms with Crippen LogP contribution in [0.25, 0.3) is 0 Å². The standard InChI is InChI=1S/C16H14F2N2O6S/c17-9-1-4-12(11(18)7-9)19-14(21)8-25-16(22)13-5-6-15(26-13)27(23,24)20-10-2-3-10/h1,4-7,10,20H,2-3,8H2,(H,19,21). The summed E-state index contributed by atoms with van der Waals surface area (Å²) in [6.45, 7) is -0.779. The van der Waals surface area contributed by atoms with Crippen molar-refractivity contribution in [3.8, 4) is 0 Å².